The molecule has 0 radical (unpaired) electrons. The van der Waals surface area contributed by atoms with Crippen LogP contribution in [0.15, 0.2) is 21.9 Å². The third-order valence-corrected chi connectivity index (χ3v) is 3.32. The lowest BCUT2D eigenvalue weighted by Gasteiger charge is -2.13. The Balaban J connectivity index is 2.12. The minimum absolute atomic E-state index is 0.165. The first-order valence-electron chi connectivity index (χ1n) is 5.88. The van der Waals surface area contributed by atoms with Gasteiger partial charge in [-0.3, -0.25) is 9.36 Å². The predicted octanol–water partition coefficient (Wildman–Crippen LogP) is -1.34. The average molecular weight is 267 g/mol. The zero-order chi connectivity index (χ0) is 13.6. The van der Waals surface area contributed by atoms with E-state index in [0.29, 0.717) is 5.52 Å². The van der Waals surface area contributed by atoms with Crippen LogP contribution in [0.2, 0.25) is 0 Å². The average Bonchev–Trinajstić information content (AvgIpc) is 2.90. The first kappa shape index (κ1) is 12.2. The molecule has 3 atom stereocenters. The molecule has 1 aliphatic rings. The van der Waals surface area contributed by atoms with Crippen LogP contribution in [-0.4, -0.2) is 43.6 Å². The molecule has 0 bridgehead atoms. The van der Waals surface area contributed by atoms with Crippen molar-refractivity contribution in [2.75, 3.05) is 6.61 Å². The van der Waals surface area contributed by atoms with Crippen LogP contribution in [-0.2, 0) is 4.74 Å². The van der Waals surface area contributed by atoms with Crippen molar-refractivity contribution in [2.24, 2.45) is 0 Å². The molecule has 19 heavy (non-hydrogen) atoms. The van der Waals surface area contributed by atoms with Gasteiger partial charge in [0.15, 0.2) is 0 Å². The van der Waals surface area contributed by atoms with Crippen LogP contribution in [0.1, 0.15) is 12.6 Å². The van der Waals surface area contributed by atoms with Gasteiger partial charge in [-0.1, -0.05) is 0 Å². The summed E-state index contributed by atoms with van der Waals surface area (Å²) in [6.45, 7) is -0.324. The van der Waals surface area contributed by atoms with Crippen molar-refractivity contribution in [2.45, 2.75) is 24.9 Å². The van der Waals surface area contributed by atoms with E-state index in [1.165, 1.54) is 10.8 Å². The largest absolute Gasteiger partial charge is 0.394 e. The molecule has 0 saturated carbocycles. The molecule has 1 unspecified atom stereocenters. The molecule has 8 nitrogen and oxygen atoms in total. The Morgan fingerprint density at radius 3 is 2.95 bits per heavy atom. The molecule has 0 aliphatic carbocycles. The number of aromatic amines is 2. The van der Waals surface area contributed by atoms with Gasteiger partial charge in [0.05, 0.1) is 18.2 Å². The highest BCUT2D eigenvalue weighted by Crippen LogP contribution is 2.29. The number of hydrogen-bond acceptors (Lipinski definition) is 5. The summed E-state index contributed by atoms with van der Waals surface area (Å²) in [4.78, 5) is 28.4. The van der Waals surface area contributed by atoms with Crippen molar-refractivity contribution < 1.29 is 14.9 Å². The Bertz CT molecular complexity index is 715. The number of aliphatic hydroxyl groups excluding tert-OH is 2. The van der Waals surface area contributed by atoms with Gasteiger partial charge in [0, 0.05) is 12.6 Å². The van der Waals surface area contributed by atoms with Crippen molar-refractivity contribution in [3.63, 3.8) is 0 Å². The lowest BCUT2D eigenvalue weighted by molar-refractivity contribution is -0.0440. The zero-order valence-corrected chi connectivity index (χ0v) is 9.87. The maximum Gasteiger partial charge on any atom is 0.328 e. The summed E-state index contributed by atoms with van der Waals surface area (Å²) in [6.07, 6.45) is -0.637. The van der Waals surface area contributed by atoms with Crippen molar-refractivity contribution in [3.05, 3.63) is 33.1 Å². The number of rotatable bonds is 2. The fraction of sp³-hybridized carbons (Fsp3) is 0.455. The summed E-state index contributed by atoms with van der Waals surface area (Å²) in [5, 5.41) is 18.7. The summed E-state index contributed by atoms with van der Waals surface area (Å²) in [6, 6.07) is 1.58. The molecule has 1 saturated heterocycles. The fourth-order valence-electron chi connectivity index (χ4n) is 2.39. The Hall–Kier alpha value is -1.90. The Morgan fingerprint density at radius 2 is 2.26 bits per heavy atom. The first-order chi connectivity index (χ1) is 9.11. The summed E-state index contributed by atoms with van der Waals surface area (Å²) >= 11 is 0. The third kappa shape index (κ3) is 1.81. The van der Waals surface area contributed by atoms with Gasteiger partial charge in [-0.05, 0) is 6.07 Å². The van der Waals surface area contributed by atoms with Gasteiger partial charge in [0.1, 0.15) is 17.8 Å². The van der Waals surface area contributed by atoms with Crippen molar-refractivity contribution in [1.82, 2.24) is 14.5 Å². The van der Waals surface area contributed by atoms with E-state index in [1.807, 2.05) is 0 Å². The summed E-state index contributed by atoms with van der Waals surface area (Å²) < 4.78 is 6.71. The van der Waals surface area contributed by atoms with E-state index >= 15 is 0 Å². The number of H-pyrrole nitrogens is 2. The van der Waals surface area contributed by atoms with E-state index in [-0.39, 0.29) is 18.5 Å². The second-order valence-corrected chi connectivity index (χ2v) is 4.48. The van der Waals surface area contributed by atoms with Crippen molar-refractivity contribution in [3.8, 4) is 0 Å². The molecule has 3 rings (SSSR count). The highest BCUT2D eigenvalue weighted by molar-refractivity contribution is 5.73. The molecule has 0 spiro atoms. The van der Waals surface area contributed by atoms with Crippen LogP contribution in [0, 0.1) is 0 Å². The van der Waals surface area contributed by atoms with E-state index in [0.717, 1.165) is 0 Å². The Morgan fingerprint density at radius 1 is 1.47 bits per heavy atom. The molecule has 2 aromatic heterocycles. The van der Waals surface area contributed by atoms with Crippen LogP contribution < -0.4 is 11.2 Å². The number of nitrogens with one attached hydrogen (secondary N) is 2. The van der Waals surface area contributed by atoms with Crippen LogP contribution in [0.3, 0.4) is 0 Å². The quantitative estimate of drug-likeness (QED) is 0.536. The molecule has 1 aliphatic heterocycles. The van der Waals surface area contributed by atoms with Crippen molar-refractivity contribution >= 4 is 11.0 Å². The molecule has 0 aromatic carbocycles. The van der Waals surface area contributed by atoms with Crippen LogP contribution >= 0.6 is 0 Å². The maximum absolute atomic E-state index is 11.9. The minimum Gasteiger partial charge on any atom is -0.394 e. The Labute approximate surface area is 106 Å². The van der Waals surface area contributed by atoms with E-state index in [2.05, 4.69) is 9.97 Å². The summed E-state index contributed by atoms with van der Waals surface area (Å²) in [7, 11) is 0. The number of pyridine rings is 1. The van der Waals surface area contributed by atoms with Gasteiger partial charge >= 0.3 is 5.69 Å². The Kier molecular flexibility index (Phi) is 2.77. The van der Waals surface area contributed by atoms with E-state index < -0.39 is 29.7 Å². The number of hydrogen-bond donors (Lipinski definition) is 4. The zero-order valence-electron chi connectivity index (χ0n) is 9.87. The molecular weight excluding hydrogens is 254 g/mol. The molecule has 4 N–H and O–H groups in total. The normalized spacial score (nSPS) is 27.2. The molecule has 3 heterocycles. The molecule has 102 valence electrons. The third-order valence-electron chi connectivity index (χ3n) is 3.32. The van der Waals surface area contributed by atoms with Gasteiger partial charge in [-0.25, -0.2) is 4.79 Å². The van der Waals surface area contributed by atoms with Crippen LogP contribution in [0.5, 0.6) is 0 Å². The van der Waals surface area contributed by atoms with Crippen LogP contribution in [0.25, 0.3) is 11.0 Å². The van der Waals surface area contributed by atoms with Crippen molar-refractivity contribution in [1.29, 1.82) is 0 Å². The standard InChI is InChI=1S/C11H13N3O5/c15-4-7-6(16)3-8(19-7)14-5-1-2-12-10(17)9(5)13-11(14)18/h1-2,6-8,15-16H,3-4H2,(H,12,17)(H,13,18)/t6?,7-,8-/m1/s1. The molecular formula is C11H13N3O5. The maximum atomic E-state index is 11.9. The SMILES string of the molecule is O=c1[nH]ccc2c1[nH]c(=O)n2[C@H]1CC(O)[C@@H](CO)O1. The van der Waals surface area contributed by atoms with E-state index in [9.17, 15) is 14.7 Å². The molecule has 8 heteroatoms. The number of aliphatic hydroxyl groups is 2. The van der Waals surface area contributed by atoms with Gasteiger partial charge in [-0.15, -0.1) is 0 Å². The minimum atomic E-state index is -0.839. The van der Waals surface area contributed by atoms with E-state index in [4.69, 9.17) is 9.84 Å². The molecule has 0 amide bonds. The molecule has 2 aromatic rings. The number of nitrogens with zero attached hydrogens (tertiary/aromatic N) is 1. The second-order valence-electron chi connectivity index (χ2n) is 4.48. The number of ether oxygens (including phenoxy) is 1. The highest BCUT2D eigenvalue weighted by Gasteiger charge is 2.36. The fourth-order valence-corrected chi connectivity index (χ4v) is 2.39. The smallest absolute Gasteiger partial charge is 0.328 e. The first-order valence-corrected chi connectivity index (χ1v) is 5.88. The summed E-state index contributed by atoms with van der Waals surface area (Å²) in [5.41, 5.74) is -0.310. The lowest BCUT2D eigenvalue weighted by Crippen LogP contribution is -2.25. The lowest BCUT2D eigenvalue weighted by atomic mass is 10.2. The summed E-state index contributed by atoms with van der Waals surface area (Å²) in [5.74, 6) is 0. The second kappa shape index (κ2) is 4.34. The van der Waals surface area contributed by atoms with Gasteiger partial charge in [0.25, 0.3) is 5.56 Å². The van der Waals surface area contributed by atoms with Gasteiger partial charge in [0.2, 0.25) is 0 Å². The van der Waals surface area contributed by atoms with Crippen LogP contribution in [0.4, 0.5) is 0 Å². The number of imidazole rings is 1. The monoisotopic (exact) mass is 267 g/mol. The number of fused-ring (bicyclic) bond motifs is 1. The highest BCUT2D eigenvalue weighted by atomic mass is 16.5. The molecule has 1 fully saturated rings. The predicted molar refractivity (Wildman–Crippen MR) is 64.8 cm³/mol. The van der Waals surface area contributed by atoms with Gasteiger partial charge in [-0.2, -0.15) is 0 Å². The van der Waals surface area contributed by atoms with Gasteiger partial charge < -0.3 is 24.9 Å². The topological polar surface area (TPSA) is 120 Å². The number of aromatic nitrogens is 3. The van der Waals surface area contributed by atoms with E-state index in [1.54, 1.807) is 6.07 Å².